The molecule has 0 aromatic heterocycles. The van der Waals surface area contributed by atoms with Crippen molar-refractivity contribution in [3.63, 3.8) is 0 Å². The smallest absolute Gasteiger partial charge is 0.383 e. The molecule has 1 unspecified atom stereocenters. The van der Waals surface area contributed by atoms with E-state index in [1.165, 1.54) is 25.3 Å². The number of rotatable bonds is 6. The summed E-state index contributed by atoms with van der Waals surface area (Å²) < 4.78 is 42.9. The molecule has 1 aromatic carbocycles. The van der Waals surface area contributed by atoms with Gasteiger partial charge in [0.1, 0.15) is 6.04 Å². The van der Waals surface area contributed by atoms with Crippen molar-refractivity contribution in [2.24, 2.45) is 5.73 Å². The number of methoxy groups -OCH3 is 1. The van der Waals surface area contributed by atoms with E-state index in [4.69, 9.17) is 10.5 Å². The highest BCUT2D eigenvalue weighted by molar-refractivity contribution is 5.81. The molecule has 0 heterocycles. The van der Waals surface area contributed by atoms with Crippen LogP contribution >= 0.6 is 0 Å². The van der Waals surface area contributed by atoms with Crippen LogP contribution in [0.15, 0.2) is 24.3 Å². The maximum Gasteiger partial charge on any atom is 0.416 e. The molecule has 3 N–H and O–H groups in total. The highest BCUT2D eigenvalue weighted by atomic mass is 19.4. The zero-order valence-electron chi connectivity index (χ0n) is 11.0. The molecular formula is C13H17F3N2O2. The predicted molar refractivity (Wildman–Crippen MR) is 68.0 cm³/mol. The minimum atomic E-state index is -4.40. The number of hydrogen-bond acceptors (Lipinski definition) is 3. The number of amides is 1. The lowest BCUT2D eigenvalue weighted by molar-refractivity contribution is -0.138. The molecule has 0 aliphatic heterocycles. The first kappa shape index (κ1) is 16.5. The molecule has 1 atom stereocenters. The van der Waals surface area contributed by atoms with Crippen molar-refractivity contribution in [3.05, 3.63) is 35.4 Å². The molecule has 20 heavy (non-hydrogen) atoms. The summed E-state index contributed by atoms with van der Waals surface area (Å²) in [5.41, 5.74) is 4.94. The van der Waals surface area contributed by atoms with Gasteiger partial charge in [-0.25, -0.2) is 0 Å². The zero-order chi connectivity index (χ0) is 15.2. The molecule has 0 aliphatic carbocycles. The van der Waals surface area contributed by atoms with Crippen molar-refractivity contribution in [1.82, 2.24) is 5.32 Å². The van der Waals surface area contributed by atoms with E-state index in [9.17, 15) is 18.0 Å². The molecule has 0 saturated carbocycles. The number of carbonyl (C=O) groups excluding carboxylic acids is 1. The summed E-state index contributed by atoms with van der Waals surface area (Å²) in [6.45, 7) is 0.147. The van der Waals surface area contributed by atoms with Crippen LogP contribution in [-0.2, 0) is 22.1 Å². The highest BCUT2D eigenvalue weighted by Crippen LogP contribution is 2.31. The fraction of sp³-hybridized carbons (Fsp3) is 0.462. The van der Waals surface area contributed by atoms with Crippen LogP contribution < -0.4 is 11.1 Å². The molecule has 0 bridgehead atoms. The Morgan fingerprint density at radius 2 is 2.05 bits per heavy atom. The standard InChI is InChI=1S/C13H17F3N2O2/c1-20-8-11(17)12(19)18-7-6-9-4-2-3-5-10(9)13(14,15)16/h2-5,11H,6-8,17H2,1H3,(H,18,19). The molecular weight excluding hydrogens is 273 g/mol. The predicted octanol–water partition coefficient (Wildman–Crippen LogP) is 1.34. The van der Waals surface area contributed by atoms with Gasteiger partial charge in [0.05, 0.1) is 12.2 Å². The van der Waals surface area contributed by atoms with Crippen LogP contribution in [-0.4, -0.2) is 32.2 Å². The molecule has 0 radical (unpaired) electrons. The van der Waals surface area contributed by atoms with Crippen LogP contribution in [0.4, 0.5) is 13.2 Å². The minimum absolute atomic E-state index is 0.0605. The topological polar surface area (TPSA) is 64.3 Å². The maximum absolute atomic E-state index is 12.7. The molecule has 0 fully saturated rings. The molecule has 4 nitrogen and oxygen atoms in total. The van der Waals surface area contributed by atoms with Crippen molar-refractivity contribution < 1.29 is 22.7 Å². The fourth-order valence-electron chi connectivity index (χ4n) is 1.72. The second-order valence-corrected chi connectivity index (χ2v) is 4.26. The third-order valence-electron chi connectivity index (χ3n) is 2.70. The van der Waals surface area contributed by atoms with Crippen LogP contribution in [0.3, 0.4) is 0 Å². The van der Waals surface area contributed by atoms with Gasteiger partial charge >= 0.3 is 6.18 Å². The number of hydrogen-bond donors (Lipinski definition) is 2. The van der Waals surface area contributed by atoms with Crippen molar-refractivity contribution in [2.45, 2.75) is 18.6 Å². The summed E-state index contributed by atoms with van der Waals surface area (Å²) in [5, 5.41) is 2.48. The summed E-state index contributed by atoms with van der Waals surface area (Å²) in [6.07, 6.45) is -4.31. The van der Waals surface area contributed by atoms with E-state index in [0.717, 1.165) is 6.07 Å². The average Bonchev–Trinajstić information content (AvgIpc) is 2.38. The van der Waals surface area contributed by atoms with Gasteiger partial charge in [0, 0.05) is 13.7 Å². The maximum atomic E-state index is 12.7. The molecule has 1 aromatic rings. The van der Waals surface area contributed by atoms with Crippen LogP contribution in [0.1, 0.15) is 11.1 Å². The second kappa shape index (κ2) is 7.25. The largest absolute Gasteiger partial charge is 0.416 e. The van der Waals surface area contributed by atoms with Gasteiger partial charge in [-0.2, -0.15) is 13.2 Å². The fourth-order valence-corrected chi connectivity index (χ4v) is 1.72. The monoisotopic (exact) mass is 290 g/mol. The van der Waals surface area contributed by atoms with E-state index in [2.05, 4.69) is 5.32 Å². The van der Waals surface area contributed by atoms with Gasteiger partial charge < -0.3 is 15.8 Å². The lowest BCUT2D eigenvalue weighted by Crippen LogP contribution is -2.44. The summed E-state index contributed by atoms with van der Waals surface area (Å²) in [4.78, 5) is 11.5. The van der Waals surface area contributed by atoms with E-state index in [-0.39, 0.29) is 25.1 Å². The van der Waals surface area contributed by atoms with E-state index < -0.39 is 23.7 Å². The Morgan fingerprint density at radius 3 is 2.65 bits per heavy atom. The Kier molecular flexibility index (Phi) is 5.97. The van der Waals surface area contributed by atoms with Crippen LogP contribution in [0.2, 0.25) is 0 Å². The number of nitrogens with one attached hydrogen (secondary N) is 1. The summed E-state index contributed by atoms with van der Waals surface area (Å²) in [5.74, 6) is -0.448. The Hall–Kier alpha value is -1.60. The normalized spacial score (nSPS) is 13.1. The lowest BCUT2D eigenvalue weighted by Gasteiger charge is -2.14. The van der Waals surface area contributed by atoms with Crippen LogP contribution in [0.25, 0.3) is 0 Å². The Balaban J connectivity index is 2.57. The molecule has 112 valence electrons. The number of halogens is 3. The summed E-state index contributed by atoms with van der Waals surface area (Å²) >= 11 is 0. The van der Waals surface area contributed by atoms with Crippen molar-refractivity contribution in [1.29, 1.82) is 0 Å². The van der Waals surface area contributed by atoms with Crippen molar-refractivity contribution in [2.75, 3.05) is 20.3 Å². The third-order valence-corrected chi connectivity index (χ3v) is 2.70. The quantitative estimate of drug-likeness (QED) is 0.831. The SMILES string of the molecule is COCC(N)C(=O)NCCc1ccccc1C(F)(F)F. The summed E-state index contributed by atoms with van der Waals surface area (Å²) in [7, 11) is 1.41. The second-order valence-electron chi connectivity index (χ2n) is 4.26. The number of ether oxygens (including phenoxy) is 1. The minimum Gasteiger partial charge on any atom is -0.383 e. The molecule has 0 aliphatic rings. The first-order valence-electron chi connectivity index (χ1n) is 6.03. The first-order chi connectivity index (χ1) is 9.36. The Morgan fingerprint density at radius 1 is 1.40 bits per heavy atom. The lowest BCUT2D eigenvalue weighted by atomic mass is 10.0. The Labute approximate surface area is 115 Å². The molecule has 0 spiro atoms. The number of nitrogens with two attached hydrogens (primary N) is 1. The van der Waals surface area contributed by atoms with Crippen LogP contribution in [0.5, 0.6) is 0 Å². The van der Waals surface area contributed by atoms with Crippen LogP contribution in [0, 0.1) is 0 Å². The number of benzene rings is 1. The van der Waals surface area contributed by atoms with Gasteiger partial charge in [-0.05, 0) is 18.1 Å². The van der Waals surface area contributed by atoms with E-state index in [1.54, 1.807) is 0 Å². The zero-order valence-corrected chi connectivity index (χ0v) is 11.0. The average molecular weight is 290 g/mol. The van der Waals surface area contributed by atoms with Gasteiger partial charge in [0.2, 0.25) is 5.91 Å². The highest BCUT2D eigenvalue weighted by Gasteiger charge is 2.32. The van der Waals surface area contributed by atoms with Gasteiger partial charge in [0.25, 0.3) is 0 Å². The van der Waals surface area contributed by atoms with E-state index in [1.807, 2.05) is 0 Å². The van der Waals surface area contributed by atoms with Gasteiger partial charge in [-0.1, -0.05) is 18.2 Å². The number of alkyl halides is 3. The van der Waals surface area contributed by atoms with Crippen molar-refractivity contribution in [3.8, 4) is 0 Å². The van der Waals surface area contributed by atoms with E-state index >= 15 is 0 Å². The van der Waals surface area contributed by atoms with Gasteiger partial charge in [-0.3, -0.25) is 4.79 Å². The van der Waals surface area contributed by atoms with Crippen molar-refractivity contribution >= 4 is 5.91 Å². The Bertz CT molecular complexity index is 449. The molecule has 7 heteroatoms. The molecule has 0 saturated heterocycles. The van der Waals surface area contributed by atoms with Gasteiger partial charge in [0.15, 0.2) is 0 Å². The van der Waals surface area contributed by atoms with Gasteiger partial charge in [-0.15, -0.1) is 0 Å². The molecule has 1 rings (SSSR count). The summed E-state index contributed by atoms with van der Waals surface area (Å²) in [6, 6.07) is 4.46. The van der Waals surface area contributed by atoms with E-state index in [0.29, 0.717) is 0 Å². The molecule has 1 amide bonds. The third kappa shape index (κ3) is 4.82. The number of carbonyl (C=O) groups is 1. The first-order valence-corrected chi connectivity index (χ1v) is 6.03.